The third kappa shape index (κ3) is 4.18. The molecule has 2 N–H and O–H groups in total. The highest BCUT2D eigenvalue weighted by atomic mass is 19.1. The molecule has 0 aliphatic rings. The molecule has 0 atom stereocenters. The monoisotopic (exact) mass is 262 g/mol. The lowest BCUT2D eigenvalue weighted by molar-refractivity contribution is -0.115. The number of benzene rings is 1. The van der Waals surface area contributed by atoms with Crippen LogP contribution in [0.15, 0.2) is 42.7 Å². The van der Waals surface area contributed by atoms with Gasteiger partial charge in [0.05, 0.1) is 18.8 Å². The SMILES string of the molecule is O=C(CNCCn1cccn1)Nc1ccccc1F. The number of carbonyl (C=O) groups is 1. The predicted octanol–water partition coefficient (Wildman–Crippen LogP) is 1.25. The van der Waals surface area contributed by atoms with Crippen molar-refractivity contribution in [3.05, 3.63) is 48.5 Å². The van der Waals surface area contributed by atoms with Crippen LogP contribution >= 0.6 is 0 Å². The van der Waals surface area contributed by atoms with Gasteiger partial charge in [0.15, 0.2) is 0 Å². The van der Waals surface area contributed by atoms with Gasteiger partial charge < -0.3 is 10.6 Å². The molecule has 0 radical (unpaired) electrons. The molecule has 0 unspecified atom stereocenters. The van der Waals surface area contributed by atoms with Crippen LogP contribution < -0.4 is 10.6 Å². The number of hydrogen-bond donors (Lipinski definition) is 2. The molecule has 0 saturated heterocycles. The maximum atomic E-state index is 13.3. The van der Waals surface area contributed by atoms with Crippen LogP contribution in [-0.4, -0.2) is 28.8 Å². The van der Waals surface area contributed by atoms with Crippen molar-refractivity contribution in [3.8, 4) is 0 Å². The average Bonchev–Trinajstić information content (AvgIpc) is 2.91. The molecule has 0 saturated carbocycles. The van der Waals surface area contributed by atoms with Crippen molar-refractivity contribution in [2.75, 3.05) is 18.4 Å². The van der Waals surface area contributed by atoms with Crippen LogP contribution in [0.1, 0.15) is 0 Å². The fraction of sp³-hybridized carbons (Fsp3) is 0.231. The van der Waals surface area contributed by atoms with Crippen LogP contribution in [0.4, 0.5) is 10.1 Å². The van der Waals surface area contributed by atoms with Crippen molar-refractivity contribution in [1.82, 2.24) is 15.1 Å². The Morgan fingerprint density at radius 3 is 2.89 bits per heavy atom. The molecule has 0 bridgehead atoms. The molecular formula is C13H15FN4O. The van der Waals surface area contributed by atoms with E-state index < -0.39 is 5.82 Å². The van der Waals surface area contributed by atoms with Gasteiger partial charge in [0.2, 0.25) is 5.91 Å². The first-order valence-electron chi connectivity index (χ1n) is 5.98. The standard InChI is InChI=1S/C13H15FN4O/c14-11-4-1-2-5-12(11)17-13(19)10-15-7-9-18-8-3-6-16-18/h1-6,8,15H,7,9-10H2,(H,17,19). The average molecular weight is 262 g/mol. The summed E-state index contributed by atoms with van der Waals surface area (Å²) in [6, 6.07) is 7.92. The van der Waals surface area contributed by atoms with Gasteiger partial charge in [-0.25, -0.2) is 4.39 Å². The van der Waals surface area contributed by atoms with Crippen molar-refractivity contribution < 1.29 is 9.18 Å². The molecule has 6 heteroatoms. The number of nitrogens with zero attached hydrogens (tertiary/aromatic N) is 2. The lowest BCUT2D eigenvalue weighted by atomic mass is 10.3. The molecule has 2 rings (SSSR count). The summed E-state index contributed by atoms with van der Waals surface area (Å²) in [5.41, 5.74) is 0.196. The van der Waals surface area contributed by atoms with E-state index in [9.17, 15) is 9.18 Å². The van der Waals surface area contributed by atoms with Gasteiger partial charge in [-0.05, 0) is 18.2 Å². The lowest BCUT2D eigenvalue weighted by Crippen LogP contribution is -2.30. The highest BCUT2D eigenvalue weighted by Gasteiger charge is 2.05. The third-order valence-corrected chi connectivity index (χ3v) is 2.51. The normalized spacial score (nSPS) is 10.4. The van der Waals surface area contributed by atoms with Crippen LogP contribution in [0.3, 0.4) is 0 Å². The van der Waals surface area contributed by atoms with Gasteiger partial charge in [-0.1, -0.05) is 12.1 Å². The van der Waals surface area contributed by atoms with Crippen LogP contribution in [0.2, 0.25) is 0 Å². The zero-order valence-corrected chi connectivity index (χ0v) is 10.3. The Balaban J connectivity index is 1.69. The van der Waals surface area contributed by atoms with E-state index in [1.54, 1.807) is 23.0 Å². The summed E-state index contributed by atoms with van der Waals surface area (Å²) < 4.78 is 15.0. The molecule has 1 aromatic heterocycles. The second kappa shape index (κ2) is 6.65. The first-order valence-corrected chi connectivity index (χ1v) is 5.98. The maximum Gasteiger partial charge on any atom is 0.238 e. The maximum absolute atomic E-state index is 13.3. The third-order valence-electron chi connectivity index (χ3n) is 2.51. The molecule has 1 heterocycles. The molecule has 1 aromatic carbocycles. The van der Waals surface area contributed by atoms with E-state index in [0.717, 1.165) is 0 Å². The van der Waals surface area contributed by atoms with Gasteiger partial charge in [-0.15, -0.1) is 0 Å². The van der Waals surface area contributed by atoms with Crippen molar-refractivity contribution in [2.24, 2.45) is 0 Å². The molecule has 1 amide bonds. The fourth-order valence-electron chi connectivity index (χ4n) is 1.59. The summed E-state index contributed by atoms with van der Waals surface area (Å²) in [6.45, 7) is 1.43. The van der Waals surface area contributed by atoms with Crippen molar-refractivity contribution in [2.45, 2.75) is 6.54 Å². The quantitative estimate of drug-likeness (QED) is 0.770. The zero-order chi connectivity index (χ0) is 13.5. The van der Waals surface area contributed by atoms with E-state index in [-0.39, 0.29) is 18.1 Å². The van der Waals surface area contributed by atoms with Gasteiger partial charge in [0, 0.05) is 18.9 Å². The summed E-state index contributed by atoms with van der Waals surface area (Å²) in [4.78, 5) is 11.6. The summed E-state index contributed by atoms with van der Waals surface area (Å²) >= 11 is 0. The number of carbonyl (C=O) groups excluding carboxylic acids is 1. The van der Waals surface area contributed by atoms with Gasteiger partial charge in [-0.3, -0.25) is 9.48 Å². The fourth-order valence-corrected chi connectivity index (χ4v) is 1.59. The Bertz CT molecular complexity index is 527. The topological polar surface area (TPSA) is 59.0 Å². The molecule has 100 valence electrons. The second-order valence-electron chi connectivity index (χ2n) is 3.97. The Kier molecular flexibility index (Phi) is 4.63. The number of halogens is 1. The van der Waals surface area contributed by atoms with Crippen LogP contribution in [0.5, 0.6) is 0 Å². The van der Waals surface area contributed by atoms with Gasteiger partial charge in [-0.2, -0.15) is 5.10 Å². The van der Waals surface area contributed by atoms with E-state index in [2.05, 4.69) is 15.7 Å². The number of anilines is 1. The predicted molar refractivity (Wildman–Crippen MR) is 70.1 cm³/mol. The van der Waals surface area contributed by atoms with Crippen molar-refractivity contribution >= 4 is 11.6 Å². The minimum atomic E-state index is -0.438. The Morgan fingerprint density at radius 1 is 1.32 bits per heavy atom. The van der Waals surface area contributed by atoms with E-state index >= 15 is 0 Å². The summed E-state index contributed by atoms with van der Waals surface area (Å²) in [6.07, 6.45) is 3.55. The van der Waals surface area contributed by atoms with Crippen LogP contribution in [0.25, 0.3) is 0 Å². The number of hydrogen-bond acceptors (Lipinski definition) is 3. The molecular weight excluding hydrogens is 247 g/mol. The van der Waals surface area contributed by atoms with E-state index in [4.69, 9.17) is 0 Å². The number of rotatable bonds is 6. The lowest BCUT2D eigenvalue weighted by Gasteiger charge is -2.07. The highest BCUT2D eigenvalue weighted by Crippen LogP contribution is 2.11. The van der Waals surface area contributed by atoms with Crippen molar-refractivity contribution in [3.63, 3.8) is 0 Å². The molecule has 0 spiro atoms. The summed E-state index contributed by atoms with van der Waals surface area (Å²) in [5, 5.41) is 9.51. The Morgan fingerprint density at radius 2 is 2.16 bits per heavy atom. The molecule has 0 aliphatic carbocycles. The van der Waals surface area contributed by atoms with Gasteiger partial charge >= 0.3 is 0 Å². The number of aromatic nitrogens is 2. The molecule has 19 heavy (non-hydrogen) atoms. The smallest absolute Gasteiger partial charge is 0.238 e. The van der Waals surface area contributed by atoms with E-state index in [1.165, 1.54) is 12.1 Å². The molecule has 0 aliphatic heterocycles. The number of nitrogens with one attached hydrogen (secondary N) is 2. The van der Waals surface area contributed by atoms with Crippen LogP contribution in [-0.2, 0) is 11.3 Å². The van der Waals surface area contributed by atoms with Crippen LogP contribution in [0, 0.1) is 5.82 Å². The van der Waals surface area contributed by atoms with E-state index in [1.807, 2.05) is 12.3 Å². The molecule has 0 fully saturated rings. The minimum Gasteiger partial charge on any atom is -0.322 e. The van der Waals surface area contributed by atoms with E-state index in [0.29, 0.717) is 13.1 Å². The van der Waals surface area contributed by atoms with Gasteiger partial charge in [0.1, 0.15) is 5.82 Å². The minimum absolute atomic E-state index is 0.135. The number of para-hydroxylation sites is 1. The highest BCUT2D eigenvalue weighted by molar-refractivity contribution is 5.92. The summed E-state index contributed by atoms with van der Waals surface area (Å²) in [5.74, 6) is -0.710. The number of amides is 1. The van der Waals surface area contributed by atoms with Crippen molar-refractivity contribution in [1.29, 1.82) is 0 Å². The summed E-state index contributed by atoms with van der Waals surface area (Å²) in [7, 11) is 0. The first kappa shape index (κ1) is 13.2. The molecule has 5 nitrogen and oxygen atoms in total. The molecule has 2 aromatic rings. The Labute approximate surface area is 110 Å². The Hall–Kier alpha value is -2.21. The zero-order valence-electron chi connectivity index (χ0n) is 10.3. The van der Waals surface area contributed by atoms with Gasteiger partial charge in [0.25, 0.3) is 0 Å². The first-order chi connectivity index (χ1) is 9.25. The second-order valence-corrected chi connectivity index (χ2v) is 3.97. The largest absolute Gasteiger partial charge is 0.322 e.